The maximum atomic E-state index is 12.0. The lowest BCUT2D eigenvalue weighted by molar-refractivity contribution is -0.117. The largest absolute Gasteiger partial charge is 0.493 e. The molecule has 1 amide bonds. The molecule has 0 spiro atoms. The number of nitrogens with zero attached hydrogens (tertiary/aromatic N) is 2. The number of halogens is 1. The second kappa shape index (κ2) is 5.66. The highest BCUT2D eigenvalue weighted by atomic mass is 79.9. The second-order valence-electron chi connectivity index (χ2n) is 4.58. The highest BCUT2D eigenvalue weighted by molar-refractivity contribution is 9.10. The number of primary sulfonamides is 1. The number of pyridine rings is 1. The predicted octanol–water partition coefficient (Wildman–Crippen LogP) is 0.494. The number of sulfonamides is 1. The van der Waals surface area contributed by atoms with Crippen molar-refractivity contribution in [3.8, 4) is 5.75 Å². The maximum absolute atomic E-state index is 12.0. The van der Waals surface area contributed by atoms with Gasteiger partial charge in [0, 0.05) is 29.6 Å². The Labute approximate surface area is 125 Å². The zero-order chi connectivity index (χ0) is 14.9. The standard InChI is InChI=1S/C11H14BrN3O4S/c1-19-9-3-8(12)4-14-11(9)15-5-7(2-10(15)16)6-20(13,17)18/h3-4,7H,2,5-6H2,1H3,(H2,13,17,18). The summed E-state index contributed by atoms with van der Waals surface area (Å²) in [5.41, 5.74) is 0. The first-order chi connectivity index (χ1) is 9.30. The van der Waals surface area contributed by atoms with E-state index in [0.29, 0.717) is 11.6 Å². The molecule has 2 heterocycles. The van der Waals surface area contributed by atoms with Crippen molar-refractivity contribution in [1.82, 2.24) is 4.98 Å². The first-order valence-electron chi connectivity index (χ1n) is 5.80. The van der Waals surface area contributed by atoms with E-state index in [1.54, 1.807) is 12.3 Å². The van der Waals surface area contributed by atoms with E-state index in [2.05, 4.69) is 20.9 Å². The number of anilines is 1. The molecule has 110 valence electrons. The Morgan fingerprint density at radius 3 is 2.90 bits per heavy atom. The van der Waals surface area contributed by atoms with Gasteiger partial charge in [-0.1, -0.05) is 0 Å². The number of rotatable bonds is 4. The molecule has 20 heavy (non-hydrogen) atoms. The van der Waals surface area contributed by atoms with Crippen molar-refractivity contribution in [3.05, 3.63) is 16.7 Å². The number of hydrogen-bond acceptors (Lipinski definition) is 5. The minimum absolute atomic E-state index is 0.136. The molecule has 0 aliphatic carbocycles. The number of ether oxygens (including phenoxy) is 1. The third kappa shape index (κ3) is 3.47. The Bertz CT molecular complexity index is 635. The van der Waals surface area contributed by atoms with E-state index in [1.807, 2.05) is 0 Å². The van der Waals surface area contributed by atoms with Crippen LogP contribution in [-0.4, -0.2) is 38.7 Å². The van der Waals surface area contributed by atoms with E-state index < -0.39 is 10.0 Å². The molecular weight excluding hydrogens is 350 g/mol. The fourth-order valence-corrected chi connectivity index (χ4v) is 3.38. The summed E-state index contributed by atoms with van der Waals surface area (Å²) in [4.78, 5) is 17.6. The first-order valence-corrected chi connectivity index (χ1v) is 8.31. The van der Waals surface area contributed by atoms with Gasteiger partial charge in [0.1, 0.15) is 0 Å². The Morgan fingerprint density at radius 2 is 2.30 bits per heavy atom. The molecule has 0 radical (unpaired) electrons. The molecule has 1 aliphatic rings. The SMILES string of the molecule is COc1cc(Br)cnc1N1CC(CS(N)(=O)=O)CC1=O. The normalized spacial score (nSPS) is 19.4. The highest BCUT2D eigenvalue weighted by Gasteiger charge is 2.34. The van der Waals surface area contributed by atoms with Gasteiger partial charge in [-0.05, 0) is 22.0 Å². The topological polar surface area (TPSA) is 103 Å². The van der Waals surface area contributed by atoms with Crippen LogP contribution in [0.4, 0.5) is 5.82 Å². The van der Waals surface area contributed by atoms with Gasteiger partial charge >= 0.3 is 0 Å². The van der Waals surface area contributed by atoms with E-state index in [9.17, 15) is 13.2 Å². The van der Waals surface area contributed by atoms with Crippen LogP contribution in [0, 0.1) is 5.92 Å². The lowest BCUT2D eigenvalue weighted by Crippen LogP contribution is -2.28. The number of carbonyl (C=O) groups excluding carboxylic acids is 1. The number of carbonyl (C=O) groups is 1. The molecule has 1 aromatic rings. The van der Waals surface area contributed by atoms with E-state index in [0.717, 1.165) is 4.47 Å². The number of amides is 1. The zero-order valence-corrected chi connectivity index (χ0v) is 13.1. The maximum Gasteiger partial charge on any atom is 0.228 e. The third-order valence-electron chi connectivity index (χ3n) is 2.95. The quantitative estimate of drug-likeness (QED) is 0.838. The summed E-state index contributed by atoms with van der Waals surface area (Å²) < 4.78 is 28.1. The minimum Gasteiger partial charge on any atom is -0.493 e. The molecule has 0 aromatic carbocycles. The zero-order valence-electron chi connectivity index (χ0n) is 10.7. The summed E-state index contributed by atoms with van der Waals surface area (Å²) in [5, 5.41) is 5.02. The van der Waals surface area contributed by atoms with Gasteiger partial charge < -0.3 is 4.74 Å². The molecule has 1 aromatic heterocycles. The number of methoxy groups -OCH3 is 1. The monoisotopic (exact) mass is 363 g/mol. The van der Waals surface area contributed by atoms with Crippen molar-refractivity contribution in [2.45, 2.75) is 6.42 Å². The summed E-state index contributed by atoms with van der Waals surface area (Å²) in [7, 11) is -2.12. The van der Waals surface area contributed by atoms with Gasteiger partial charge in [-0.2, -0.15) is 0 Å². The molecular formula is C11H14BrN3O4S. The molecule has 2 rings (SSSR count). The Hall–Kier alpha value is -1.19. The number of hydrogen-bond donors (Lipinski definition) is 1. The lowest BCUT2D eigenvalue weighted by Gasteiger charge is -2.18. The smallest absolute Gasteiger partial charge is 0.228 e. The van der Waals surface area contributed by atoms with Crippen LogP contribution in [0.2, 0.25) is 0 Å². The van der Waals surface area contributed by atoms with Gasteiger partial charge in [-0.15, -0.1) is 0 Å². The van der Waals surface area contributed by atoms with Crippen molar-refractivity contribution in [1.29, 1.82) is 0 Å². The van der Waals surface area contributed by atoms with Crippen molar-refractivity contribution < 1.29 is 17.9 Å². The van der Waals surface area contributed by atoms with Crippen LogP contribution in [0.15, 0.2) is 16.7 Å². The fraction of sp³-hybridized carbons (Fsp3) is 0.455. The second-order valence-corrected chi connectivity index (χ2v) is 7.16. The van der Waals surface area contributed by atoms with Gasteiger partial charge in [-0.25, -0.2) is 18.5 Å². The average molecular weight is 364 g/mol. The number of aromatic nitrogens is 1. The van der Waals surface area contributed by atoms with Crippen molar-refractivity contribution in [2.75, 3.05) is 24.3 Å². The van der Waals surface area contributed by atoms with Crippen LogP contribution in [0.25, 0.3) is 0 Å². The van der Waals surface area contributed by atoms with Crippen molar-refractivity contribution in [2.24, 2.45) is 11.1 Å². The lowest BCUT2D eigenvalue weighted by atomic mass is 10.1. The molecule has 7 nitrogen and oxygen atoms in total. The van der Waals surface area contributed by atoms with Crippen molar-refractivity contribution in [3.63, 3.8) is 0 Å². The molecule has 1 fully saturated rings. The van der Waals surface area contributed by atoms with E-state index in [4.69, 9.17) is 9.88 Å². The van der Waals surface area contributed by atoms with Crippen LogP contribution in [0.1, 0.15) is 6.42 Å². The molecule has 1 aliphatic heterocycles. The molecule has 1 atom stereocenters. The minimum atomic E-state index is -3.60. The number of nitrogens with two attached hydrogens (primary N) is 1. The Balaban J connectivity index is 2.24. The van der Waals surface area contributed by atoms with Gasteiger partial charge in [0.2, 0.25) is 15.9 Å². The Kier molecular flexibility index (Phi) is 4.31. The molecule has 0 saturated carbocycles. The van der Waals surface area contributed by atoms with Crippen LogP contribution in [0.3, 0.4) is 0 Å². The van der Waals surface area contributed by atoms with Gasteiger partial charge in [-0.3, -0.25) is 9.69 Å². The van der Waals surface area contributed by atoms with Crippen LogP contribution in [0.5, 0.6) is 5.75 Å². The van der Waals surface area contributed by atoms with Crippen LogP contribution < -0.4 is 14.8 Å². The molecule has 0 bridgehead atoms. The fourth-order valence-electron chi connectivity index (χ4n) is 2.19. The van der Waals surface area contributed by atoms with Crippen LogP contribution >= 0.6 is 15.9 Å². The van der Waals surface area contributed by atoms with Crippen LogP contribution in [-0.2, 0) is 14.8 Å². The summed E-state index contributed by atoms with van der Waals surface area (Å²) >= 11 is 3.27. The average Bonchev–Trinajstić information content (AvgIpc) is 2.67. The Morgan fingerprint density at radius 1 is 1.60 bits per heavy atom. The predicted molar refractivity (Wildman–Crippen MR) is 76.9 cm³/mol. The third-order valence-corrected chi connectivity index (χ3v) is 4.32. The van der Waals surface area contributed by atoms with Gasteiger partial charge in [0.25, 0.3) is 0 Å². The van der Waals surface area contributed by atoms with E-state index in [1.165, 1.54) is 12.0 Å². The van der Waals surface area contributed by atoms with E-state index >= 15 is 0 Å². The van der Waals surface area contributed by atoms with Crippen molar-refractivity contribution >= 4 is 37.7 Å². The van der Waals surface area contributed by atoms with Gasteiger partial charge in [0.05, 0.1) is 12.9 Å². The summed E-state index contributed by atoms with van der Waals surface area (Å²) in [6.07, 6.45) is 1.69. The summed E-state index contributed by atoms with van der Waals surface area (Å²) in [6, 6.07) is 1.70. The van der Waals surface area contributed by atoms with E-state index in [-0.39, 0.29) is 30.5 Å². The molecule has 1 unspecified atom stereocenters. The summed E-state index contributed by atoms with van der Waals surface area (Å²) in [5.74, 6) is 0.106. The molecule has 1 saturated heterocycles. The molecule has 2 N–H and O–H groups in total. The van der Waals surface area contributed by atoms with Gasteiger partial charge in [0.15, 0.2) is 11.6 Å². The highest BCUT2D eigenvalue weighted by Crippen LogP contribution is 2.33. The summed E-state index contributed by atoms with van der Waals surface area (Å²) in [6.45, 7) is 0.264. The molecule has 9 heteroatoms. The first kappa shape index (κ1) is 15.2.